The summed E-state index contributed by atoms with van der Waals surface area (Å²) < 4.78 is 12.7. The van der Waals surface area contributed by atoms with E-state index >= 15 is 0 Å². The van der Waals surface area contributed by atoms with Gasteiger partial charge in [0, 0.05) is 50.3 Å². The Hall–Kier alpha value is -2.85. The third kappa shape index (κ3) is 10.3. The molecule has 0 saturated heterocycles. The topological polar surface area (TPSA) is 120 Å². The lowest BCUT2D eigenvalue weighted by molar-refractivity contribution is -0.120. The fourth-order valence-electron chi connectivity index (χ4n) is 6.96. The summed E-state index contributed by atoms with van der Waals surface area (Å²) in [5.74, 6) is 0.0425. The molecule has 258 valence electrons. The number of nitrogens with zero attached hydrogens (tertiary/aromatic N) is 2. The van der Waals surface area contributed by atoms with E-state index < -0.39 is 6.04 Å². The number of amides is 4. The molecule has 46 heavy (non-hydrogen) atoms. The summed E-state index contributed by atoms with van der Waals surface area (Å²) in [4.78, 5) is 43.9. The van der Waals surface area contributed by atoms with Gasteiger partial charge in [-0.15, -0.1) is 0 Å². The Balaban J connectivity index is 1.56. The Morgan fingerprint density at radius 3 is 2.37 bits per heavy atom. The number of benzene rings is 1. The van der Waals surface area contributed by atoms with Gasteiger partial charge in [0.1, 0.15) is 5.75 Å². The smallest absolute Gasteiger partial charge is 0.317 e. The van der Waals surface area contributed by atoms with Crippen molar-refractivity contribution in [2.45, 2.75) is 129 Å². The molecule has 2 aliphatic carbocycles. The van der Waals surface area contributed by atoms with Gasteiger partial charge >= 0.3 is 6.03 Å². The van der Waals surface area contributed by atoms with Crippen LogP contribution in [0, 0.1) is 11.8 Å². The number of nitrogens with one attached hydrogen (secondary N) is 2. The van der Waals surface area contributed by atoms with Crippen molar-refractivity contribution in [3.63, 3.8) is 0 Å². The van der Waals surface area contributed by atoms with Crippen LogP contribution in [-0.4, -0.2) is 90.4 Å². The second-order valence-electron chi connectivity index (χ2n) is 14.0. The average molecular weight is 643 g/mol. The van der Waals surface area contributed by atoms with Crippen molar-refractivity contribution in [2.75, 3.05) is 38.7 Å². The van der Waals surface area contributed by atoms with E-state index in [1.807, 2.05) is 26.8 Å². The minimum Gasteiger partial charge on any atom is -0.490 e. The van der Waals surface area contributed by atoms with E-state index in [-0.39, 0.29) is 54.5 Å². The Morgan fingerprint density at radius 1 is 1.00 bits per heavy atom. The molecule has 10 nitrogen and oxygen atoms in total. The number of aliphatic hydroxyl groups excluding tert-OH is 1. The molecule has 0 radical (unpaired) electrons. The highest BCUT2D eigenvalue weighted by Crippen LogP contribution is 2.30. The van der Waals surface area contributed by atoms with Gasteiger partial charge in [-0.2, -0.15) is 0 Å². The van der Waals surface area contributed by atoms with Gasteiger partial charge in [-0.05, 0) is 77.0 Å². The number of carbonyl (C=O) groups excluding carboxylic acids is 3. The molecule has 0 bridgehead atoms. The molecule has 1 aromatic carbocycles. The standard InChI is InChI=1S/C36H58N4O6/c1-25-22-40(26(2)24-41)35(43)31-21-30(37-34(42)28-14-7-5-8-15-28)18-19-32(31)46-27(3)13-11-12-20-45-33(25)23-39(4)36(44)38-29-16-9-6-10-17-29/h18-19,21,25-29,33,41H,5-17,20,22-24H2,1-4H3,(H,37,42)(H,38,44)/t25-,26-,27-,33-/m1/s1. The number of aliphatic hydroxyl groups is 1. The number of carbonyl (C=O) groups is 3. The molecule has 0 spiro atoms. The number of likely N-dealkylation sites (N-methyl/N-ethyl adjacent to an activating group) is 1. The van der Waals surface area contributed by atoms with E-state index in [0.29, 0.717) is 36.7 Å². The molecule has 4 amide bonds. The molecule has 2 saturated carbocycles. The van der Waals surface area contributed by atoms with Gasteiger partial charge < -0.3 is 35.0 Å². The van der Waals surface area contributed by atoms with E-state index in [9.17, 15) is 19.5 Å². The molecule has 0 aromatic heterocycles. The van der Waals surface area contributed by atoms with Gasteiger partial charge in [0.15, 0.2) is 0 Å². The number of fused-ring (bicyclic) bond motifs is 1. The SMILES string of the molecule is C[C@@H]1CCCCO[C@H](CN(C)C(=O)NC2CCCCC2)[C@H](C)CN([C@H](C)CO)C(=O)c2cc(NC(=O)C3CCCCC3)ccc2O1. The van der Waals surface area contributed by atoms with E-state index in [1.54, 1.807) is 29.0 Å². The average Bonchev–Trinajstić information content (AvgIpc) is 3.06. The summed E-state index contributed by atoms with van der Waals surface area (Å²) in [5.41, 5.74) is 0.927. The first kappa shape index (κ1) is 36.0. The van der Waals surface area contributed by atoms with Gasteiger partial charge in [0.25, 0.3) is 5.91 Å². The lowest BCUT2D eigenvalue weighted by Gasteiger charge is -2.36. The minimum atomic E-state index is -0.471. The quantitative estimate of drug-likeness (QED) is 0.337. The van der Waals surface area contributed by atoms with E-state index in [2.05, 4.69) is 10.6 Å². The summed E-state index contributed by atoms with van der Waals surface area (Å²) in [6.07, 6.45) is 12.7. The molecule has 1 aliphatic heterocycles. The molecule has 3 aliphatic rings. The lowest BCUT2D eigenvalue weighted by Crippen LogP contribution is -2.50. The fraction of sp³-hybridized carbons (Fsp3) is 0.750. The first-order valence-electron chi connectivity index (χ1n) is 17.8. The Morgan fingerprint density at radius 2 is 1.67 bits per heavy atom. The van der Waals surface area contributed by atoms with E-state index in [1.165, 1.54) is 12.8 Å². The molecule has 4 atom stereocenters. The van der Waals surface area contributed by atoms with Crippen LogP contribution in [0.25, 0.3) is 0 Å². The summed E-state index contributed by atoms with van der Waals surface area (Å²) in [6, 6.07) is 4.96. The van der Waals surface area contributed by atoms with Crippen molar-refractivity contribution in [3.8, 4) is 5.75 Å². The fourth-order valence-corrected chi connectivity index (χ4v) is 6.96. The van der Waals surface area contributed by atoms with Crippen molar-refractivity contribution in [1.82, 2.24) is 15.1 Å². The highest BCUT2D eigenvalue weighted by molar-refractivity contribution is 6.00. The first-order valence-corrected chi connectivity index (χ1v) is 17.8. The number of ether oxygens (including phenoxy) is 2. The van der Waals surface area contributed by atoms with Gasteiger partial charge in [0.2, 0.25) is 5.91 Å². The van der Waals surface area contributed by atoms with Crippen molar-refractivity contribution < 1.29 is 29.0 Å². The molecule has 4 rings (SSSR count). The maximum absolute atomic E-state index is 14.4. The molecule has 2 fully saturated rings. The van der Waals surface area contributed by atoms with Crippen LogP contribution in [0.15, 0.2) is 18.2 Å². The summed E-state index contributed by atoms with van der Waals surface area (Å²) in [6.45, 7) is 6.90. The molecule has 3 N–H and O–H groups in total. The van der Waals surface area contributed by atoms with Gasteiger partial charge in [-0.25, -0.2) is 4.79 Å². The molecule has 10 heteroatoms. The van der Waals surface area contributed by atoms with Crippen LogP contribution in [0.5, 0.6) is 5.75 Å². The van der Waals surface area contributed by atoms with E-state index in [0.717, 1.165) is 70.6 Å². The molecule has 1 heterocycles. The normalized spacial score (nSPS) is 25.0. The van der Waals surface area contributed by atoms with Crippen molar-refractivity contribution >= 4 is 23.5 Å². The Kier molecular flexibility index (Phi) is 14.0. The van der Waals surface area contributed by atoms with Crippen LogP contribution in [0.4, 0.5) is 10.5 Å². The highest BCUT2D eigenvalue weighted by Gasteiger charge is 2.31. The maximum atomic E-state index is 14.4. The zero-order valence-electron chi connectivity index (χ0n) is 28.6. The van der Waals surface area contributed by atoms with Gasteiger partial charge in [-0.3, -0.25) is 9.59 Å². The Bertz CT molecular complexity index is 1140. The number of hydrogen-bond donors (Lipinski definition) is 3. The van der Waals surface area contributed by atoms with Crippen LogP contribution < -0.4 is 15.4 Å². The monoisotopic (exact) mass is 642 g/mol. The maximum Gasteiger partial charge on any atom is 0.317 e. The first-order chi connectivity index (χ1) is 22.2. The van der Waals surface area contributed by atoms with Gasteiger partial charge in [0.05, 0.1) is 30.4 Å². The Labute approximate surface area is 275 Å². The van der Waals surface area contributed by atoms with Crippen LogP contribution in [0.3, 0.4) is 0 Å². The number of anilines is 1. The third-order valence-electron chi connectivity index (χ3n) is 10.0. The highest BCUT2D eigenvalue weighted by atomic mass is 16.5. The number of urea groups is 1. The molecule has 0 unspecified atom stereocenters. The van der Waals surface area contributed by atoms with E-state index in [4.69, 9.17) is 9.47 Å². The van der Waals surface area contributed by atoms with Crippen LogP contribution in [0.1, 0.15) is 115 Å². The van der Waals surface area contributed by atoms with Crippen molar-refractivity contribution in [2.24, 2.45) is 11.8 Å². The van der Waals surface area contributed by atoms with Gasteiger partial charge in [-0.1, -0.05) is 45.4 Å². The number of rotatable bonds is 7. The van der Waals surface area contributed by atoms with Crippen LogP contribution >= 0.6 is 0 Å². The summed E-state index contributed by atoms with van der Waals surface area (Å²) >= 11 is 0. The van der Waals surface area contributed by atoms with Crippen molar-refractivity contribution in [1.29, 1.82) is 0 Å². The number of hydrogen-bond acceptors (Lipinski definition) is 6. The molecular formula is C36H58N4O6. The zero-order valence-corrected chi connectivity index (χ0v) is 28.6. The predicted octanol–water partition coefficient (Wildman–Crippen LogP) is 5.98. The van der Waals surface area contributed by atoms with Crippen LogP contribution in [0.2, 0.25) is 0 Å². The summed E-state index contributed by atoms with van der Waals surface area (Å²) in [5, 5.41) is 16.5. The largest absolute Gasteiger partial charge is 0.490 e. The minimum absolute atomic E-state index is 0.00637. The zero-order chi connectivity index (χ0) is 33.1. The second-order valence-corrected chi connectivity index (χ2v) is 14.0. The van der Waals surface area contributed by atoms with Crippen molar-refractivity contribution in [3.05, 3.63) is 23.8 Å². The lowest BCUT2D eigenvalue weighted by atomic mass is 9.88. The predicted molar refractivity (Wildman–Crippen MR) is 180 cm³/mol. The third-order valence-corrected chi connectivity index (χ3v) is 10.0. The second kappa shape index (κ2) is 17.9. The summed E-state index contributed by atoms with van der Waals surface area (Å²) in [7, 11) is 1.80. The molecular weight excluding hydrogens is 584 g/mol. The molecule has 1 aromatic rings. The van der Waals surface area contributed by atoms with Crippen LogP contribution in [-0.2, 0) is 9.53 Å².